The Morgan fingerprint density at radius 1 is 1.12 bits per heavy atom. The first-order valence-electron chi connectivity index (χ1n) is 7.04. The number of rotatable bonds is 5. The van der Waals surface area contributed by atoms with E-state index >= 15 is 0 Å². The highest BCUT2D eigenvalue weighted by Gasteiger charge is 2.12. The van der Waals surface area contributed by atoms with E-state index in [0.29, 0.717) is 0 Å². The summed E-state index contributed by atoms with van der Waals surface area (Å²) in [5.74, 6) is 2.03. The summed E-state index contributed by atoms with van der Waals surface area (Å²) in [4.78, 5) is 0. The van der Waals surface area contributed by atoms with Crippen LogP contribution in [0.25, 0.3) is 0 Å². The topological polar surface area (TPSA) is 9.23 Å². The second-order valence-electron chi connectivity index (χ2n) is 5.26. The minimum atomic E-state index is 0.876. The van der Waals surface area contributed by atoms with Gasteiger partial charge in [0.1, 0.15) is 5.75 Å². The van der Waals surface area contributed by atoms with Crippen molar-refractivity contribution in [3.8, 4) is 5.75 Å². The normalized spacial score (nSPS) is 17.0. The van der Waals surface area contributed by atoms with E-state index < -0.39 is 0 Å². The van der Waals surface area contributed by atoms with Crippen LogP contribution >= 0.6 is 0 Å². The van der Waals surface area contributed by atoms with Gasteiger partial charge in [-0.15, -0.1) is 0 Å². The summed E-state index contributed by atoms with van der Waals surface area (Å²) in [6, 6.07) is 8.28. The van der Waals surface area contributed by atoms with Crippen LogP contribution in [-0.4, -0.2) is 6.61 Å². The van der Waals surface area contributed by atoms with Crippen molar-refractivity contribution in [2.24, 2.45) is 5.92 Å². The van der Waals surface area contributed by atoms with Crippen molar-refractivity contribution < 1.29 is 4.74 Å². The van der Waals surface area contributed by atoms with Crippen molar-refractivity contribution in [3.05, 3.63) is 29.8 Å². The van der Waals surface area contributed by atoms with Crippen LogP contribution in [0.5, 0.6) is 5.75 Å². The molecule has 1 aromatic carbocycles. The molecule has 0 heterocycles. The highest BCUT2D eigenvalue weighted by molar-refractivity contribution is 5.31. The lowest BCUT2D eigenvalue weighted by Crippen LogP contribution is -2.08. The minimum Gasteiger partial charge on any atom is -0.493 e. The molecule has 0 amide bonds. The fourth-order valence-electron chi connectivity index (χ4n) is 2.75. The van der Waals surface area contributed by atoms with Crippen molar-refractivity contribution in [2.45, 2.75) is 51.9 Å². The van der Waals surface area contributed by atoms with E-state index in [1.54, 1.807) is 0 Å². The first-order chi connectivity index (χ1) is 8.36. The highest BCUT2D eigenvalue weighted by Crippen LogP contribution is 2.27. The summed E-state index contributed by atoms with van der Waals surface area (Å²) >= 11 is 0. The van der Waals surface area contributed by atoms with Crippen molar-refractivity contribution in [3.63, 3.8) is 0 Å². The minimum absolute atomic E-state index is 0.876. The smallest absolute Gasteiger partial charge is 0.122 e. The van der Waals surface area contributed by atoms with Gasteiger partial charge in [-0.1, -0.05) is 50.3 Å². The van der Waals surface area contributed by atoms with Crippen LogP contribution in [0.1, 0.15) is 50.5 Å². The Morgan fingerprint density at radius 2 is 1.88 bits per heavy atom. The van der Waals surface area contributed by atoms with Gasteiger partial charge in [0.15, 0.2) is 0 Å². The van der Waals surface area contributed by atoms with E-state index in [1.807, 2.05) is 6.07 Å². The zero-order chi connectivity index (χ0) is 11.9. The Hall–Kier alpha value is -0.980. The Kier molecular flexibility index (Phi) is 4.90. The number of hydrogen-bond acceptors (Lipinski definition) is 1. The largest absolute Gasteiger partial charge is 0.493 e. The Morgan fingerprint density at radius 3 is 2.65 bits per heavy atom. The SMILES string of the molecule is Cc1ccccc1OCCCC1CCCCC1. The monoisotopic (exact) mass is 232 g/mol. The Balaban J connectivity index is 1.64. The zero-order valence-electron chi connectivity index (χ0n) is 11.0. The van der Waals surface area contributed by atoms with E-state index in [-0.39, 0.29) is 0 Å². The van der Waals surface area contributed by atoms with Gasteiger partial charge < -0.3 is 4.74 Å². The molecular formula is C16H24O. The van der Waals surface area contributed by atoms with Crippen LogP contribution in [0, 0.1) is 12.8 Å². The second-order valence-corrected chi connectivity index (χ2v) is 5.26. The third-order valence-corrected chi connectivity index (χ3v) is 3.83. The molecule has 1 aromatic rings. The molecule has 1 saturated carbocycles. The predicted molar refractivity (Wildman–Crippen MR) is 72.5 cm³/mol. The summed E-state index contributed by atoms with van der Waals surface area (Å²) in [7, 11) is 0. The Labute approximate surface area is 105 Å². The molecule has 0 N–H and O–H groups in total. The first kappa shape index (κ1) is 12.5. The number of ether oxygens (including phenoxy) is 1. The first-order valence-corrected chi connectivity index (χ1v) is 7.04. The molecule has 0 atom stereocenters. The quantitative estimate of drug-likeness (QED) is 0.667. The van der Waals surface area contributed by atoms with Crippen molar-refractivity contribution in [2.75, 3.05) is 6.61 Å². The van der Waals surface area contributed by atoms with Crippen LogP contribution in [0.15, 0.2) is 24.3 Å². The molecule has 1 aliphatic carbocycles. The van der Waals surface area contributed by atoms with E-state index in [9.17, 15) is 0 Å². The van der Waals surface area contributed by atoms with Gasteiger partial charge in [0.05, 0.1) is 6.61 Å². The van der Waals surface area contributed by atoms with Gasteiger partial charge in [-0.25, -0.2) is 0 Å². The molecule has 1 aliphatic rings. The maximum absolute atomic E-state index is 5.83. The number of benzene rings is 1. The molecule has 1 heteroatoms. The Bertz CT molecular complexity index is 326. The molecule has 0 aliphatic heterocycles. The van der Waals surface area contributed by atoms with Gasteiger partial charge in [-0.05, 0) is 37.3 Å². The summed E-state index contributed by atoms with van der Waals surface area (Å²) in [6.07, 6.45) is 9.81. The van der Waals surface area contributed by atoms with Crippen molar-refractivity contribution in [1.82, 2.24) is 0 Å². The molecule has 0 bridgehead atoms. The van der Waals surface area contributed by atoms with E-state index in [1.165, 1.54) is 50.5 Å². The standard InChI is InChI=1S/C16H24O/c1-14-8-5-6-12-16(14)17-13-7-11-15-9-3-2-4-10-15/h5-6,8,12,15H,2-4,7,9-11,13H2,1H3. The van der Waals surface area contributed by atoms with Crippen molar-refractivity contribution >= 4 is 0 Å². The molecule has 0 saturated heterocycles. The third kappa shape index (κ3) is 4.07. The van der Waals surface area contributed by atoms with Gasteiger partial charge in [0.25, 0.3) is 0 Å². The molecule has 1 fully saturated rings. The molecule has 2 rings (SSSR count). The van der Waals surface area contributed by atoms with Gasteiger partial charge in [0, 0.05) is 0 Å². The van der Waals surface area contributed by atoms with Gasteiger partial charge in [-0.3, -0.25) is 0 Å². The summed E-state index contributed by atoms with van der Waals surface area (Å²) < 4.78 is 5.83. The predicted octanol–water partition coefficient (Wildman–Crippen LogP) is 4.73. The number of para-hydroxylation sites is 1. The lowest BCUT2D eigenvalue weighted by Gasteiger charge is -2.21. The van der Waals surface area contributed by atoms with E-state index in [0.717, 1.165) is 18.3 Å². The lowest BCUT2D eigenvalue weighted by atomic mass is 9.86. The van der Waals surface area contributed by atoms with Crippen LogP contribution in [0.3, 0.4) is 0 Å². The van der Waals surface area contributed by atoms with Crippen LogP contribution in [0.2, 0.25) is 0 Å². The zero-order valence-corrected chi connectivity index (χ0v) is 11.0. The average molecular weight is 232 g/mol. The fourth-order valence-corrected chi connectivity index (χ4v) is 2.75. The molecule has 0 radical (unpaired) electrons. The van der Waals surface area contributed by atoms with E-state index in [2.05, 4.69) is 25.1 Å². The fraction of sp³-hybridized carbons (Fsp3) is 0.625. The molecule has 0 spiro atoms. The van der Waals surface area contributed by atoms with E-state index in [4.69, 9.17) is 4.74 Å². The van der Waals surface area contributed by atoms with Crippen LogP contribution < -0.4 is 4.74 Å². The average Bonchev–Trinajstić information content (AvgIpc) is 2.38. The van der Waals surface area contributed by atoms with Gasteiger partial charge in [0.2, 0.25) is 0 Å². The second kappa shape index (κ2) is 6.68. The third-order valence-electron chi connectivity index (χ3n) is 3.83. The molecule has 94 valence electrons. The lowest BCUT2D eigenvalue weighted by molar-refractivity contribution is 0.268. The molecule has 0 unspecified atom stereocenters. The summed E-state index contributed by atoms with van der Waals surface area (Å²) in [5, 5.41) is 0. The van der Waals surface area contributed by atoms with Gasteiger partial charge in [-0.2, -0.15) is 0 Å². The molecule has 1 nitrogen and oxygen atoms in total. The molecule has 0 aromatic heterocycles. The van der Waals surface area contributed by atoms with Crippen LogP contribution in [-0.2, 0) is 0 Å². The summed E-state index contributed by atoms with van der Waals surface area (Å²) in [6.45, 7) is 2.98. The highest BCUT2D eigenvalue weighted by atomic mass is 16.5. The number of aryl methyl sites for hydroxylation is 1. The van der Waals surface area contributed by atoms with Gasteiger partial charge >= 0.3 is 0 Å². The van der Waals surface area contributed by atoms with Crippen LogP contribution in [0.4, 0.5) is 0 Å². The molecule has 17 heavy (non-hydrogen) atoms. The van der Waals surface area contributed by atoms with Crippen molar-refractivity contribution in [1.29, 1.82) is 0 Å². The molecular weight excluding hydrogens is 208 g/mol. The number of hydrogen-bond donors (Lipinski definition) is 0. The summed E-state index contributed by atoms with van der Waals surface area (Å²) in [5.41, 5.74) is 1.24. The maximum atomic E-state index is 5.83. The maximum Gasteiger partial charge on any atom is 0.122 e.